The highest BCUT2D eigenvalue weighted by Crippen LogP contribution is 2.39. The smallest absolute Gasteiger partial charge is 0.262 e. The molecule has 0 spiro atoms. The molecule has 0 aliphatic carbocycles. The Kier molecular flexibility index (Phi) is 11.4. The Morgan fingerprint density at radius 1 is 0.750 bits per heavy atom. The zero-order valence-corrected chi connectivity index (χ0v) is 34.2. The normalized spacial score (nSPS) is 22.9. The minimum Gasteiger partial charge on any atom is -0.492 e. The van der Waals surface area contributed by atoms with Crippen molar-refractivity contribution in [1.29, 1.82) is 0 Å². The van der Waals surface area contributed by atoms with Crippen LogP contribution in [0.4, 0.5) is 10.1 Å². The maximum absolute atomic E-state index is 15.7. The number of ether oxygens (including phenoxy) is 1. The molecule has 5 aliphatic heterocycles. The molecular weight excluding hydrogens is 758 g/mol. The summed E-state index contributed by atoms with van der Waals surface area (Å²) in [7, 11) is 0. The molecule has 0 radical (unpaired) electrons. The van der Waals surface area contributed by atoms with Crippen molar-refractivity contribution in [3.63, 3.8) is 0 Å². The summed E-state index contributed by atoms with van der Waals surface area (Å²) in [6.07, 6.45) is 5.36. The summed E-state index contributed by atoms with van der Waals surface area (Å²) in [5.74, 6) is -1.49. The third kappa shape index (κ3) is 7.88. The second-order valence-electron chi connectivity index (χ2n) is 16.9. The molecule has 5 heterocycles. The molecule has 4 aromatic carbocycles. The summed E-state index contributed by atoms with van der Waals surface area (Å²) in [6, 6.07) is 31.9. The molecule has 4 aromatic rings. The molecule has 4 amide bonds. The lowest BCUT2D eigenvalue weighted by Crippen LogP contribution is -2.55. The van der Waals surface area contributed by atoms with Crippen LogP contribution in [0.25, 0.3) is 11.1 Å². The first-order valence-electron chi connectivity index (χ1n) is 21.6. The Morgan fingerprint density at radius 2 is 1.37 bits per heavy atom. The van der Waals surface area contributed by atoms with Crippen molar-refractivity contribution < 1.29 is 28.3 Å². The van der Waals surface area contributed by atoms with E-state index in [1.54, 1.807) is 0 Å². The molecule has 3 unspecified atom stereocenters. The van der Waals surface area contributed by atoms with E-state index in [0.29, 0.717) is 31.3 Å². The van der Waals surface area contributed by atoms with Crippen LogP contribution in [0.3, 0.4) is 0 Å². The number of nitrogens with zero attached hydrogens (tertiary/aromatic N) is 4. The number of piperidine rings is 2. The van der Waals surface area contributed by atoms with Crippen molar-refractivity contribution in [3.8, 4) is 5.75 Å². The maximum Gasteiger partial charge on any atom is 0.262 e. The van der Waals surface area contributed by atoms with Crippen molar-refractivity contribution in [2.45, 2.75) is 70.0 Å². The fraction of sp³-hybridized carbons (Fsp3) is 0.388. The molecule has 5 aliphatic rings. The standard InChI is InChI=1S/C49H52FN5O5/c1-2-39(33-9-5-3-6-10-33)46(34-11-7-4-8-12-34)35-13-17-38(18-14-35)60-26-25-52-23-21-32(22-24-52)29-54-36-15-16-37(54)31-53(30-36)44-28-41-40(27-42(44)50)48(58)55(49(41)59)43-19-20-45(56)51-47(43)57/h3-14,17-18,27-28,32,36-37,43H,2,15-16,19-26,29-31H2,1H3,(H,51,56,57). The average molecular weight is 810 g/mol. The van der Waals surface area contributed by atoms with Gasteiger partial charge in [-0.25, -0.2) is 4.39 Å². The minimum atomic E-state index is -1.08. The maximum atomic E-state index is 15.7. The number of benzene rings is 4. The van der Waals surface area contributed by atoms with Gasteiger partial charge in [0.25, 0.3) is 11.8 Å². The first kappa shape index (κ1) is 39.8. The summed E-state index contributed by atoms with van der Waals surface area (Å²) < 4.78 is 22.0. The van der Waals surface area contributed by atoms with Gasteiger partial charge in [0, 0.05) is 44.7 Å². The van der Waals surface area contributed by atoms with Gasteiger partial charge in [0.1, 0.15) is 24.2 Å². The van der Waals surface area contributed by atoms with Gasteiger partial charge in [-0.05, 0) is 110 Å². The Hall–Kier alpha value is -5.65. The summed E-state index contributed by atoms with van der Waals surface area (Å²) in [5.41, 5.74) is 6.60. The number of anilines is 1. The van der Waals surface area contributed by atoms with Crippen molar-refractivity contribution in [2.24, 2.45) is 5.92 Å². The highest BCUT2D eigenvalue weighted by atomic mass is 19.1. The second-order valence-corrected chi connectivity index (χ2v) is 16.9. The Balaban J connectivity index is 0.764. The molecule has 3 atom stereocenters. The summed E-state index contributed by atoms with van der Waals surface area (Å²) in [5, 5.41) is 2.21. The van der Waals surface area contributed by atoms with E-state index in [1.807, 2.05) is 4.90 Å². The lowest BCUT2D eigenvalue weighted by molar-refractivity contribution is -0.136. The molecule has 10 nitrogen and oxygen atoms in total. The first-order chi connectivity index (χ1) is 29.2. The zero-order chi connectivity index (χ0) is 41.3. The van der Waals surface area contributed by atoms with E-state index in [2.05, 4.69) is 107 Å². The van der Waals surface area contributed by atoms with Crippen molar-refractivity contribution in [3.05, 3.63) is 131 Å². The second kappa shape index (κ2) is 17.1. The highest BCUT2D eigenvalue weighted by molar-refractivity contribution is 6.23. The van der Waals surface area contributed by atoms with Crippen LogP contribution in [0.5, 0.6) is 5.75 Å². The number of carbonyl (C=O) groups excluding carboxylic acids is 4. The van der Waals surface area contributed by atoms with Crippen LogP contribution in [0, 0.1) is 11.7 Å². The van der Waals surface area contributed by atoms with Crippen LogP contribution in [0.1, 0.15) is 89.3 Å². The van der Waals surface area contributed by atoms with Gasteiger partial charge in [-0.15, -0.1) is 0 Å². The van der Waals surface area contributed by atoms with Crippen LogP contribution in [0.15, 0.2) is 97.1 Å². The van der Waals surface area contributed by atoms with Gasteiger partial charge in [0.2, 0.25) is 11.8 Å². The Morgan fingerprint density at radius 3 is 2.00 bits per heavy atom. The number of carbonyl (C=O) groups is 4. The molecule has 11 heteroatoms. The molecule has 310 valence electrons. The summed E-state index contributed by atoms with van der Waals surface area (Å²) >= 11 is 0. The SMILES string of the molecule is CCC(=C(c1ccccc1)c1ccc(OCCN2CCC(CN3C4CCC3CN(c3cc5c(cc3F)C(=O)N(C3CCC(=O)NC3=O)C5=O)C4)CC2)cc1)c1ccccc1. The lowest BCUT2D eigenvalue weighted by atomic mass is 9.88. The van der Waals surface area contributed by atoms with E-state index in [9.17, 15) is 19.2 Å². The fourth-order valence-electron chi connectivity index (χ4n) is 10.2. The van der Waals surface area contributed by atoms with Crippen molar-refractivity contribution in [1.82, 2.24) is 20.0 Å². The molecule has 4 fully saturated rings. The lowest BCUT2D eigenvalue weighted by Gasteiger charge is -2.44. The van der Waals surface area contributed by atoms with E-state index in [-0.39, 0.29) is 36.1 Å². The van der Waals surface area contributed by atoms with E-state index < -0.39 is 35.5 Å². The van der Waals surface area contributed by atoms with Gasteiger partial charge < -0.3 is 9.64 Å². The summed E-state index contributed by atoms with van der Waals surface area (Å²) in [4.78, 5) is 58.9. The van der Waals surface area contributed by atoms with Crippen molar-refractivity contribution >= 4 is 40.5 Å². The van der Waals surface area contributed by atoms with Crippen LogP contribution in [-0.2, 0) is 9.59 Å². The van der Waals surface area contributed by atoms with Gasteiger partial charge in [-0.1, -0.05) is 79.7 Å². The number of nitrogens with one attached hydrogen (secondary N) is 1. The number of amides is 4. The zero-order valence-electron chi connectivity index (χ0n) is 34.2. The van der Waals surface area contributed by atoms with Crippen LogP contribution in [-0.4, -0.2) is 102 Å². The topological polar surface area (TPSA) is 102 Å². The van der Waals surface area contributed by atoms with Gasteiger partial charge >= 0.3 is 0 Å². The van der Waals surface area contributed by atoms with Gasteiger partial charge in [-0.3, -0.25) is 39.2 Å². The monoisotopic (exact) mass is 809 g/mol. The van der Waals surface area contributed by atoms with Crippen LogP contribution in [0.2, 0.25) is 0 Å². The van der Waals surface area contributed by atoms with E-state index in [4.69, 9.17) is 4.74 Å². The number of allylic oxidation sites excluding steroid dienone is 1. The number of halogens is 1. The third-order valence-electron chi connectivity index (χ3n) is 13.3. The highest BCUT2D eigenvalue weighted by Gasteiger charge is 2.46. The predicted molar refractivity (Wildman–Crippen MR) is 229 cm³/mol. The number of rotatable bonds is 12. The molecule has 0 aromatic heterocycles. The van der Waals surface area contributed by atoms with Crippen LogP contribution < -0.4 is 15.0 Å². The van der Waals surface area contributed by atoms with Crippen molar-refractivity contribution in [2.75, 3.05) is 50.8 Å². The van der Waals surface area contributed by atoms with E-state index in [1.165, 1.54) is 33.9 Å². The number of imide groups is 2. The molecule has 2 bridgehead atoms. The Bertz CT molecular complexity index is 2280. The van der Waals surface area contributed by atoms with Gasteiger partial charge in [0.05, 0.1) is 16.8 Å². The number of piperazine rings is 1. The minimum absolute atomic E-state index is 0.0324. The Labute approximate surface area is 351 Å². The van der Waals surface area contributed by atoms with Gasteiger partial charge in [-0.2, -0.15) is 0 Å². The third-order valence-corrected chi connectivity index (χ3v) is 13.3. The van der Waals surface area contributed by atoms with E-state index in [0.717, 1.165) is 75.0 Å². The predicted octanol–water partition coefficient (Wildman–Crippen LogP) is 7.04. The van der Waals surface area contributed by atoms with Crippen LogP contribution >= 0.6 is 0 Å². The number of likely N-dealkylation sites (tertiary alicyclic amines) is 1. The number of hydrogen-bond acceptors (Lipinski definition) is 8. The molecule has 1 N–H and O–H groups in total. The van der Waals surface area contributed by atoms with E-state index >= 15 is 4.39 Å². The molecule has 60 heavy (non-hydrogen) atoms. The van der Waals surface area contributed by atoms with Gasteiger partial charge in [0.15, 0.2) is 0 Å². The molecule has 0 saturated carbocycles. The molecular formula is C49H52FN5O5. The quantitative estimate of drug-likeness (QED) is 0.120. The number of hydrogen-bond donors (Lipinski definition) is 1. The fourth-order valence-corrected chi connectivity index (χ4v) is 10.2. The largest absolute Gasteiger partial charge is 0.492 e. The number of fused-ring (bicyclic) bond motifs is 3. The average Bonchev–Trinajstić information content (AvgIpc) is 3.63. The summed E-state index contributed by atoms with van der Waals surface area (Å²) in [6.45, 7) is 8.15. The molecule has 4 saturated heterocycles. The first-order valence-corrected chi connectivity index (χ1v) is 21.6. The molecule has 9 rings (SSSR count).